The first-order valence-corrected chi connectivity index (χ1v) is 5.51. The lowest BCUT2D eigenvalue weighted by molar-refractivity contribution is 0.381. The summed E-state index contributed by atoms with van der Waals surface area (Å²) in [6.07, 6.45) is 0. The highest BCUT2D eigenvalue weighted by molar-refractivity contribution is 5.48. The Hall–Kier alpha value is -2.25. The molecule has 0 fully saturated rings. The van der Waals surface area contributed by atoms with E-state index < -0.39 is 53.0 Å². The number of anilines is 1. The number of halogens is 7. The topological polar surface area (TPSA) is 12.0 Å². The SMILES string of the molecule is Fc1cc(F)cc(CNc2c(F)c(F)c(F)c(F)c2F)c1. The van der Waals surface area contributed by atoms with Gasteiger partial charge in [0.15, 0.2) is 23.3 Å². The molecule has 0 aliphatic carbocycles. The van der Waals surface area contributed by atoms with Gasteiger partial charge in [0, 0.05) is 12.6 Å². The maximum Gasteiger partial charge on any atom is 0.200 e. The zero-order valence-corrected chi connectivity index (χ0v) is 10.1. The fourth-order valence-corrected chi connectivity index (χ4v) is 1.66. The van der Waals surface area contributed by atoms with Crippen LogP contribution in [0, 0.1) is 40.7 Å². The second kappa shape index (κ2) is 5.63. The Morgan fingerprint density at radius 2 is 1.05 bits per heavy atom. The third-order valence-corrected chi connectivity index (χ3v) is 2.60. The molecule has 112 valence electrons. The summed E-state index contributed by atoms with van der Waals surface area (Å²) in [6, 6.07) is 2.27. The highest BCUT2D eigenvalue weighted by Crippen LogP contribution is 2.27. The Labute approximate surface area is 114 Å². The van der Waals surface area contributed by atoms with Crippen molar-refractivity contribution in [2.75, 3.05) is 5.32 Å². The minimum Gasteiger partial charge on any atom is -0.376 e. The third-order valence-electron chi connectivity index (χ3n) is 2.60. The molecular formula is C13H6F7N. The van der Waals surface area contributed by atoms with Crippen LogP contribution in [-0.2, 0) is 6.54 Å². The van der Waals surface area contributed by atoms with Crippen molar-refractivity contribution in [1.82, 2.24) is 0 Å². The fraction of sp³-hybridized carbons (Fsp3) is 0.0769. The van der Waals surface area contributed by atoms with Gasteiger partial charge in [0.25, 0.3) is 0 Å². The molecule has 0 spiro atoms. The summed E-state index contributed by atoms with van der Waals surface area (Å²) in [7, 11) is 0. The summed E-state index contributed by atoms with van der Waals surface area (Å²) in [5.74, 6) is -12.5. The Kier molecular flexibility index (Phi) is 4.06. The summed E-state index contributed by atoms with van der Waals surface area (Å²) < 4.78 is 91.2. The van der Waals surface area contributed by atoms with Gasteiger partial charge < -0.3 is 5.32 Å². The number of hydrogen-bond acceptors (Lipinski definition) is 1. The van der Waals surface area contributed by atoms with E-state index in [1.165, 1.54) is 0 Å². The van der Waals surface area contributed by atoms with E-state index in [2.05, 4.69) is 0 Å². The summed E-state index contributed by atoms with van der Waals surface area (Å²) in [4.78, 5) is 0. The van der Waals surface area contributed by atoms with Crippen molar-refractivity contribution < 1.29 is 30.7 Å². The monoisotopic (exact) mass is 309 g/mol. The van der Waals surface area contributed by atoms with Crippen molar-refractivity contribution in [2.24, 2.45) is 0 Å². The first-order chi connectivity index (χ1) is 9.81. The molecule has 0 aromatic heterocycles. The van der Waals surface area contributed by atoms with Crippen molar-refractivity contribution in [2.45, 2.75) is 6.54 Å². The van der Waals surface area contributed by atoms with Crippen LogP contribution in [0.5, 0.6) is 0 Å². The quantitative estimate of drug-likeness (QED) is 0.507. The van der Waals surface area contributed by atoms with Gasteiger partial charge in [-0.3, -0.25) is 0 Å². The normalized spacial score (nSPS) is 10.8. The van der Waals surface area contributed by atoms with Crippen molar-refractivity contribution >= 4 is 5.69 Å². The minimum absolute atomic E-state index is 0.0727. The lowest BCUT2D eigenvalue weighted by atomic mass is 10.2. The van der Waals surface area contributed by atoms with Crippen molar-refractivity contribution in [1.29, 1.82) is 0 Å². The molecule has 1 nitrogen and oxygen atoms in total. The summed E-state index contributed by atoms with van der Waals surface area (Å²) >= 11 is 0. The largest absolute Gasteiger partial charge is 0.376 e. The number of benzene rings is 2. The molecule has 21 heavy (non-hydrogen) atoms. The first kappa shape index (κ1) is 15.1. The van der Waals surface area contributed by atoms with Gasteiger partial charge in [-0.15, -0.1) is 0 Å². The lowest BCUT2D eigenvalue weighted by Gasteiger charge is -2.11. The second-order valence-corrected chi connectivity index (χ2v) is 4.08. The van der Waals surface area contributed by atoms with Crippen molar-refractivity contribution in [3.63, 3.8) is 0 Å². The fourth-order valence-electron chi connectivity index (χ4n) is 1.66. The summed E-state index contributed by atoms with van der Waals surface area (Å²) in [5, 5.41) is 1.93. The molecule has 2 aromatic carbocycles. The molecule has 0 aliphatic rings. The molecule has 0 saturated carbocycles. The maximum absolute atomic E-state index is 13.3. The molecule has 0 atom stereocenters. The van der Waals surface area contributed by atoms with E-state index in [9.17, 15) is 30.7 Å². The average Bonchev–Trinajstić information content (AvgIpc) is 2.42. The van der Waals surface area contributed by atoms with Crippen LogP contribution in [0.2, 0.25) is 0 Å². The zero-order valence-electron chi connectivity index (χ0n) is 10.1. The van der Waals surface area contributed by atoms with E-state index in [0.29, 0.717) is 6.07 Å². The molecule has 2 aromatic rings. The van der Waals surface area contributed by atoms with Gasteiger partial charge in [0.1, 0.15) is 17.3 Å². The van der Waals surface area contributed by atoms with Gasteiger partial charge in [0.2, 0.25) is 5.82 Å². The Bertz CT molecular complexity index is 650. The molecule has 0 aliphatic heterocycles. The average molecular weight is 309 g/mol. The molecule has 8 heteroatoms. The predicted octanol–water partition coefficient (Wildman–Crippen LogP) is 4.27. The zero-order chi connectivity index (χ0) is 15.7. The molecule has 0 saturated heterocycles. The van der Waals surface area contributed by atoms with Gasteiger partial charge in [-0.2, -0.15) is 0 Å². The van der Waals surface area contributed by atoms with Gasteiger partial charge >= 0.3 is 0 Å². The van der Waals surface area contributed by atoms with E-state index in [4.69, 9.17) is 0 Å². The molecule has 0 bridgehead atoms. The van der Waals surface area contributed by atoms with Crippen LogP contribution in [0.1, 0.15) is 5.56 Å². The van der Waals surface area contributed by atoms with E-state index in [1.54, 1.807) is 0 Å². The van der Waals surface area contributed by atoms with Crippen LogP contribution in [0.15, 0.2) is 18.2 Å². The summed E-state index contributed by atoms with van der Waals surface area (Å²) in [5.41, 5.74) is -1.34. The minimum atomic E-state index is -2.28. The standard InChI is InChI=1S/C13H6F7N/c14-6-1-5(2-7(15)3-6)4-21-13-11(19)9(17)8(16)10(18)12(13)20/h1-3,21H,4H2. The van der Waals surface area contributed by atoms with Crippen molar-refractivity contribution in [3.05, 3.63) is 64.5 Å². The molecule has 1 N–H and O–H groups in total. The molecular weight excluding hydrogens is 303 g/mol. The highest BCUT2D eigenvalue weighted by atomic mass is 19.2. The van der Waals surface area contributed by atoms with Crippen molar-refractivity contribution in [3.8, 4) is 0 Å². The number of rotatable bonds is 3. The molecule has 0 amide bonds. The Balaban J connectivity index is 2.32. The van der Waals surface area contributed by atoms with Gasteiger partial charge in [0.05, 0.1) is 0 Å². The highest BCUT2D eigenvalue weighted by Gasteiger charge is 2.25. The molecule has 0 radical (unpaired) electrons. The first-order valence-electron chi connectivity index (χ1n) is 5.51. The third kappa shape index (κ3) is 2.93. The Morgan fingerprint density at radius 3 is 1.52 bits per heavy atom. The van der Waals surface area contributed by atoms with E-state index in [1.807, 2.05) is 5.32 Å². The number of hydrogen-bond donors (Lipinski definition) is 1. The second-order valence-electron chi connectivity index (χ2n) is 4.08. The van der Waals surface area contributed by atoms with Crippen LogP contribution >= 0.6 is 0 Å². The Morgan fingerprint density at radius 1 is 0.619 bits per heavy atom. The van der Waals surface area contributed by atoms with E-state index in [-0.39, 0.29) is 5.56 Å². The molecule has 2 rings (SSSR count). The molecule has 0 heterocycles. The van der Waals surface area contributed by atoms with Crippen LogP contribution in [0.25, 0.3) is 0 Å². The van der Waals surface area contributed by atoms with Crippen LogP contribution < -0.4 is 5.32 Å². The summed E-state index contributed by atoms with van der Waals surface area (Å²) in [6.45, 7) is -0.535. The van der Waals surface area contributed by atoms with Crippen LogP contribution in [0.4, 0.5) is 36.4 Å². The van der Waals surface area contributed by atoms with Crippen LogP contribution in [0.3, 0.4) is 0 Å². The lowest BCUT2D eigenvalue weighted by Crippen LogP contribution is -2.10. The van der Waals surface area contributed by atoms with Crippen LogP contribution in [-0.4, -0.2) is 0 Å². The molecule has 0 unspecified atom stereocenters. The van der Waals surface area contributed by atoms with E-state index >= 15 is 0 Å². The predicted molar refractivity (Wildman–Crippen MR) is 59.9 cm³/mol. The van der Waals surface area contributed by atoms with E-state index in [0.717, 1.165) is 12.1 Å². The van der Waals surface area contributed by atoms with Gasteiger partial charge in [-0.05, 0) is 17.7 Å². The number of nitrogens with one attached hydrogen (secondary N) is 1. The van der Waals surface area contributed by atoms with Gasteiger partial charge in [-0.25, -0.2) is 30.7 Å². The maximum atomic E-state index is 13.3. The van der Waals surface area contributed by atoms with Gasteiger partial charge in [-0.1, -0.05) is 0 Å². The smallest absolute Gasteiger partial charge is 0.200 e.